The second kappa shape index (κ2) is 5.13. The monoisotopic (exact) mass is 240 g/mol. The van der Waals surface area contributed by atoms with Crippen molar-refractivity contribution in [2.75, 3.05) is 24.5 Å². The van der Waals surface area contributed by atoms with E-state index in [0.29, 0.717) is 31.5 Å². The summed E-state index contributed by atoms with van der Waals surface area (Å²) in [6.45, 7) is 3.69. The highest BCUT2D eigenvalue weighted by molar-refractivity contribution is 5.74. The maximum absolute atomic E-state index is 10.9. The minimum atomic E-state index is -0.855. The third-order valence-electron chi connectivity index (χ3n) is 2.68. The van der Waals surface area contributed by atoms with Gasteiger partial charge >= 0.3 is 5.97 Å². The molecule has 94 valence electrons. The Morgan fingerprint density at radius 1 is 1.71 bits per heavy atom. The SMILES string of the molecule is CCCc1nc(N2CCN[C@H](C(=O)O)C2)no1. The molecule has 7 heteroatoms. The normalized spacial score (nSPS) is 20.5. The Hall–Kier alpha value is -1.63. The molecule has 0 radical (unpaired) electrons. The molecule has 2 heterocycles. The molecule has 1 atom stereocenters. The van der Waals surface area contributed by atoms with Crippen molar-refractivity contribution in [1.29, 1.82) is 0 Å². The van der Waals surface area contributed by atoms with Crippen molar-refractivity contribution in [3.8, 4) is 0 Å². The van der Waals surface area contributed by atoms with Crippen molar-refractivity contribution in [2.24, 2.45) is 0 Å². The zero-order valence-electron chi connectivity index (χ0n) is 9.72. The molecule has 1 saturated heterocycles. The third-order valence-corrected chi connectivity index (χ3v) is 2.68. The average molecular weight is 240 g/mol. The molecular formula is C10H16N4O3. The number of aryl methyl sites for hydroxylation is 1. The van der Waals surface area contributed by atoms with Crippen LogP contribution in [0.25, 0.3) is 0 Å². The molecule has 2 rings (SSSR count). The maximum Gasteiger partial charge on any atom is 0.322 e. The van der Waals surface area contributed by atoms with E-state index in [0.717, 1.165) is 12.8 Å². The molecule has 1 fully saturated rings. The number of hydrogen-bond donors (Lipinski definition) is 2. The Labute approximate surface area is 98.8 Å². The summed E-state index contributed by atoms with van der Waals surface area (Å²) in [4.78, 5) is 17.0. The minimum absolute atomic E-state index is 0.362. The fraction of sp³-hybridized carbons (Fsp3) is 0.700. The molecule has 1 aromatic rings. The number of hydrogen-bond acceptors (Lipinski definition) is 6. The smallest absolute Gasteiger partial charge is 0.322 e. The quantitative estimate of drug-likeness (QED) is 0.758. The van der Waals surface area contributed by atoms with Gasteiger partial charge in [0.1, 0.15) is 6.04 Å². The van der Waals surface area contributed by atoms with Gasteiger partial charge in [-0.2, -0.15) is 4.98 Å². The van der Waals surface area contributed by atoms with E-state index in [4.69, 9.17) is 9.63 Å². The summed E-state index contributed by atoms with van der Waals surface area (Å²) in [5, 5.41) is 15.7. The van der Waals surface area contributed by atoms with Crippen LogP contribution in [0.3, 0.4) is 0 Å². The van der Waals surface area contributed by atoms with Gasteiger partial charge < -0.3 is 19.8 Å². The molecule has 0 aliphatic carbocycles. The first-order valence-corrected chi connectivity index (χ1v) is 5.74. The van der Waals surface area contributed by atoms with E-state index < -0.39 is 12.0 Å². The van der Waals surface area contributed by atoms with Crippen LogP contribution in [-0.2, 0) is 11.2 Å². The van der Waals surface area contributed by atoms with Gasteiger partial charge in [-0.25, -0.2) is 0 Å². The van der Waals surface area contributed by atoms with Gasteiger partial charge in [0.15, 0.2) is 0 Å². The number of aliphatic carboxylic acids is 1. The zero-order valence-corrected chi connectivity index (χ0v) is 9.72. The second-order valence-corrected chi connectivity index (χ2v) is 4.03. The van der Waals surface area contributed by atoms with E-state index in [1.807, 2.05) is 11.8 Å². The van der Waals surface area contributed by atoms with Crippen LogP contribution in [-0.4, -0.2) is 46.9 Å². The number of carboxylic acids is 1. The molecule has 7 nitrogen and oxygen atoms in total. The summed E-state index contributed by atoms with van der Waals surface area (Å²) < 4.78 is 5.08. The van der Waals surface area contributed by atoms with Crippen molar-refractivity contribution in [3.63, 3.8) is 0 Å². The van der Waals surface area contributed by atoms with E-state index in [2.05, 4.69) is 15.5 Å². The molecular weight excluding hydrogens is 224 g/mol. The van der Waals surface area contributed by atoms with Crippen LogP contribution in [0.5, 0.6) is 0 Å². The highest BCUT2D eigenvalue weighted by Gasteiger charge is 2.27. The van der Waals surface area contributed by atoms with E-state index >= 15 is 0 Å². The number of rotatable bonds is 4. The Kier molecular flexibility index (Phi) is 3.58. The van der Waals surface area contributed by atoms with Gasteiger partial charge in [0.2, 0.25) is 5.89 Å². The molecule has 1 aromatic heterocycles. The van der Waals surface area contributed by atoms with E-state index in [-0.39, 0.29) is 0 Å². The van der Waals surface area contributed by atoms with Gasteiger partial charge in [-0.1, -0.05) is 6.92 Å². The summed E-state index contributed by atoms with van der Waals surface area (Å²) in [6, 6.07) is -0.572. The van der Waals surface area contributed by atoms with Crippen LogP contribution in [0.2, 0.25) is 0 Å². The lowest BCUT2D eigenvalue weighted by atomic mass is 10.2. The van der Waals surface area contributed by atoms with Crippen LogP contribution in [0.4, 0.5) is 5.95 Å². The zero-order chi connectivity index (χ0) is 12.3. The van der Waals surface area contributed by atoms with Crippen LogP contribution >= 0.6 is 0 Å². The Morgan fingerprint density at radius 3 is 3.24 bits per heavy atom. The summed E-state index contributed by atoms with van der Waals surface area (Å²) in [5.74, 6) is 0.237. The fourth-order valence-corrected chi connectivity index (χ4v) is 1.79. The average Bonchev–Trinajstić information content (AvgIpc) is 2.78. The van der Waals surface area contributed by atoms with Gasteiger partial charge in [-0.3, -0.25) is 4.79 Å². The molecule has 0 amide bonds. The standard InChI is InChI=1S/C10H16N4O3/c1-2-3-8-12-10(13-17-8)14-5-4-11-7(6-14)9(15)16/h7,11H,2-6H2,1H3,(H,15,16)/t7-/m0/s1. The minimum Gasteiger partial charge on any atom is -0.480 e. The molecule has 0 spiro atoms. The van der Waals surface area contributed by atoms with Crippen molar-refractivity contribution < 1.29 is 14.4 Å². The predicted molar refractivity (Wildman–Crippen MR) is 59.9 cm³/mol. The summed E-state index contributed by atoms with van der Waals surface area (Å²) in [5.41, 5.74) is 0. The second-order valence-electron chi connectivity index (χ2n) is 4.03. The summed E-state index contributed by atoms with van der Waals surface area (Å²) in [6.07, 6.45) is 1.70. The molecule has 0 unspecified atom stereocenters. The topological polar surface area (TPSA) is 91.5 Å². The fourth-order valence-electron chi connectivity index (χ4n) is 1.79. The van der Waals surface area contributed by atoms with Crippen LogP contribution < -0.4 is 10.2 Å². The third kappa shape index (κ3) is 2.73. The van der Waals surface area contributed by atoms with E-state index in [1.54, 1.807) is 0 Å². The molecule has 0 aromatic carbocycles. The molecule has 2 N–H and O–H groups in total. The maximum atomic E-state index is 10.9. The number of anilines is 1. The first kappa shape index (κ1) is 11.8. The van der Waals surface area contributed by atoms with Gasteiger partial charge in [0.05, 0.1) is 0 Å². The van der Waals surface area contributed by atoms with Crippen molar-refractivity contribution >= 4 is 11.9 Å². The van der Waals surface area contributed by atoms with Crippen LogP contribution in [0.1, 0.15) is 19.2 Å². The van der Waals surface area contributed by atoms with Gasteiger partial charge in [-0.15, -0.1) is 0 Å². The Bertz CT molecular complexity index is 393. The Balaban J connectivity index is 2.02. The number of nitrogens with zero attached hydrogens (tertiary/aromatic N) is 3. The van der Waals surface area contributed by atoms with E-state index in [1.165, 1.54) is 0 Å². The lowest BCUT2D eigenvalue weighted by Crippen LogP contribution is -2.54. The number of nitrogens with one attached hydrogen (secondary N) is 1. The van der Waals surface area contributed by atoms with Crippen LogP contribution in [0, 0.1) is 0 Å². The van der Waals surface area contributed by atoms with Crippen molar-refractivity contribution in [2.45, 2.75) is 25.8 Å². The lowest BCUT2D eigenvalue weighted by molar-refractivity contribution is -0.139. The molecule has 1 aliphatic rings. The number of aromatic nitrogens is 2. The largest absolute Gasteiger partial charge is 0.480 e. The van der Waals surface area contributed by atoms with Crippen LogP contribution in [0.15, 0.2) is 4.52 Å². The van der Waals surface area contributed by atoms with Gasteiger partial charge in [0, 0.05) is 26.1 Å². The molecule has 0 bridgehead atoms. The summed E-state index contributed by atoms with van der Waals surface area (Å²) >= 11 is 0. The first-order valence-electron chi connectivity index (χ1n) is 5.74. The van der Waals surface area contributed by atoms with Gasteiger partial charge in [-0.05, 0) is 11.6 Å². The molecule has 17 heavy (non-hydrogen) atoms. The number of carbonyl (C=O) groups is 1. The first-order chi connectivity index (χ1) is 8.20. The highest BCUT2D eigenvalue weighted by atomic mass is 16.5. The number of piperazine rings is 1. The predicted octanol–water partition coefficient (Wildman–Crippen LogP) is -0.115. The van der Waals surface area contributed by atoms with Crippen molar-refractivity contribution in [3.05, 3.63) is 5.89 Å². The Morgan fingerprint density at radius 2 is 2.53 bits per heavy atom. The lowest BCUT2D eigenvalue weighted by Gasteiger charge is -2.30. The van der Waals surface area contributed by atoms with Crippen molar-refractivity contribution in [1.82, 2.24) is 15.5 Å². The molecule has 1 aliphatic heterocycles. The highest BCUT2D eigenvalue weighted by Crippen LogP contribution is 2.12. The van der Waals surface area contributed by atoms with Gasteiger partial charge in [0.25, 0.3) is 5.95 Å². The summed E-state index contributed by atoms with van der Waals surface area (Å²) in [7, 11) is 0. The molecule has 0 saturated carbocycles. The van der Waals surface area contributed by atoms with E-state index in [9.17, 15) is 4.79 Å². The number of carboxylic acid groups (broad SMARTS) is 1.